The number of hydrogen-bond acceptors (Lipinski definition) is 4. The van der Waals surface area contributed by atoms with Crippen molar-refractivity contribution in [3.05, 3.63) is 11.8 Å². The first-order chi connectivity index (χ1) is 7.07. The molecule has 0 spiro atoms. The molecular weight excluding hydrogens is 194 g/mol. The lowest BCUT2D eigenvalue weighted by atomic mass is 9.97. The number of rotatable bonds is 2. The van der Waals surface area contributed by atoms with E-state index in [2.05, 4.69) is 10.3 Å². The molecule has 0 bridgehead atoms. The van der Waals surface area contributed by atoms with Gasteiger partial charge in [0.2, 0.25) is 0 Å². The summed E-state index contributed by atoms with van der Waals surface area (Å²) in [7, 11) is 2.05. The zero-order chi connectivity index (χ0) is 11.1. The van der Waals surface area contributed by atoms with Crippen molar-refractivity contribution in [2.24, 2.45) is 0 Å². The molecule has 0 saturated carbocycles. The summed E-state index contributed by atoms with van der Waals surface area (Å²) in [6, 6.07) is 0. The highest BCUT2D eigenvalue weighted by Gasteiger charge is 2.43. The molecule has 5 heteroatoms. The Morgan fingerprint density at radius 3 is 3.00 bits per heavy atom. The van der Waals surface area contributed by atoms with E-state index in [1.54, 1.807) is 0 Å². The van der Waals surface area contributed by atoms with E-state index in [4.69, 9.17) is 0 Å². The van der Waals surface area contributed by atoms with Gasteiger partial charge in [0.1, 0.15) is 0 Å². The van der Waals surface area contributed by atoms with Crippen LogP contribution in [0.15, 0.2) is 11.8 Å². The minimum atomic E-state index is -0.888. The van der Waals surface area contributed by atoms with Crippen molar-refractivity contribution >= 4 is 5.97 Å². The van der Waals surface area contributed by atoms with E-state index in [1.165, 1.54) is 0 Å². The van der Waals surface area contributed by atoms with Gasteiger partial charge in [-0.15, -0.1) is 0 Å². The molecule has 1 saturated heterocycles. The molecule has 0 aliphatic carbocycles. The van der Waals surface area contributed by atoms with Gasteiger partial charge < -0.3 is 10.1 Å². The Labute approximate surface area is 89.3 Å². The number of aliphatic carboxylic acids is 1. The van der Waals surface area contributed by atoms with Gasteiger partial charge in [0, 0.05) is 25.3 Å². The lowest BCUT2D eigenvalue weighted by Gasteiger charge is -2.34. The minimum Gasteiger partial charge on any atom is -0.480 e. The molecule has 0 aromatic heterocycles. The van der Waals surface area contributed by atoms with Crippen molar-refractivity contribution in [3.8, 4) is 0 Å². The number of carbonyl (C=O) groups is 1. The maximum atomic E-state index is 11.2. The summed E-state index contributed by atoms with van der Waals surface area (Å²) in [5.74, 6) is -0.797. The van der Waals surface area contributed by atoms with Crippen LogP contribution in [0, 0.1) is 0 Å². The largest absolute Gasteiger partial charge is 0.480 e. The Balaban J connectivity index is 2.24. The fraction of sp³-hybridized carbons (Fsp3) is 0.700. The number of fused-ring (bicyclic) bond motifs is 1. The van der Waals surface area contributed by atoms with E-state index >= 15 is 0 Å². The Morgan fingerprint density at radius 1 is 1.67 bits per heavy atom. The molecule has 2 aliphatic heterocycles. The quantitative estimate of drug-likeness (QED) is 0.666. The first-order valence-corrected chi connectivity index (χ1v) is 5.26. The zero-order valence-electron chi connectivity index (χ0n) is 9.16. The summed E-state index contributed by atoms with van der Waals surface area (Å²) in [4.78, 5) is 13.4. The van der Waals surface area contributed by atoms with Gasteiger partial charge in [-0.05, 0) is 19.5 Å². The Bertz CT molecular complexity index is 316. The number of hydrogen-bond donors (Lipinski definition) is 2. The summed E-state index contributed by atoms with van der Waals surface area (Å²) in [5.41, 5.74) is 3.28. The van der Waals surface area contributed by atoms with E-state index in [1.807, 2.05) is 25.1 Å². The number of carboxylic acids is 1. The average molecular weight is 211 g/mol. The van der Waals surface area contributed by atoms with Crippen molar-refractivity contribution in [1.82, 2.24) is 15.3 Å². The normalized spacial score (nSPS) is 31.3. The number of nitrogens with one attached hydrogen (secondary N) is 1. The van der Waals surface area contributed by atoms with Gasteiger partial charge in [0.15, 0.2) is 5.54 Å². The van der Waals surface area contributed by atoms with Crippen LogP contribution in [-0.2, 0) is 4.79 Å². The van der Waals surface area contributed by atoms with Crippen LogP contribution in [0.5, 0.6) is 0 Å². The van der Waals surface area contributed by atoms with E-state index < -0.39 is 11.5 Å². The van der Waals surface area contributed by atoms with Crippen LogP contribution in [-0.4, -0.2) is 53.2 Å². The van der Waals surface area contributed by atoms with Crippen LogP contribution in [0.1, 0.15) is 13.3 Å². The molecule has 2 aliphatic rings. The monoisotopic (exact) mass is 211 g/mol. The van der Waals surface area contributed by atoms with Gasteiger partial charge in [-0.3, -0.25) is 4.90 Å². The smallest absolute Gasteiger partial charge is 0.329 e. The van der Waals surface area contributed by atoms with Crippen molar-refractivity contribution in [2.45, 2.75) is 18.9 Å². The lowest BCUT2D eigenvalue weighted by molar-refractivity contribution is -0.144. The summed E-state index contributed by atoms with van der Waals surface area (Å²) in [6.45, 7) is 4.52. The van der Waals surface area contributed by atoms with E-state index in [0.717, 1.165) is 25.3 Å². The second-order valence-corrected chi connectivity index (χ2v) is 4.27. The predicted octanol–water partition coefficient (Wildman–Crippen LogP) is -0.131. The van der Waals surface area contributed by atoms with E-state index in [0.29, 0.717) is 6.42 Å². The first kappa shape index (κ1) is 10.4. The molecule has 84 valence electrons. The Kier molecular flexibility index (Phi) is 2.44. The third kappa shape index (κ3) is 1.61. The van der Waals surface area contributed by atoms with E-state index in [-0.39, 0.29) is 0 Å². The molecule has 5 nitrogen and oxygen atoms in total. The van der Waals surface area contributed by atoms with Gasteiger partial charge >= 0.3 is 5.97 Å². The fourth-order valence-corrected chi connectivity index (χ4v) is 2.11. The summed E-state index contributed by atoms with van der Waals surface area (Å²) in [6.07, 6.45) is 2.41. The molecule has 15 heavy (non-hydrogen) atoms. The molecule has 1 fully saturated rings. The number of likely N-dealkylation sites (N-methyl/N-ethyl adjacent to an activating group) is 1. The van der Waals surface area contributed by atoms with Gasteiger partial charge in [-0.25, -0.2) is 10.2 Å². The molecule has 2 N–H and O–H groups in total. The van der Waals surface area contributed by atoms with Crippen LogP contribution >= 0.6 is 0 Å². The third-order valence-electron chi connectivity index (χ3n) is 3.17. The standard InChI is InChI=1S/C10H17N3O2/c1-3-10(9(14)15)6-8-7-12(2)4-5-13(8)11-10/h6,11H,3-5,7H2,1-2H3,(H,14,15). The topological polar surface area (TPSA) is 55.8 Å². The summed E-state index contributed by atoms with van der Waals surface area (Å²) in [5, 5.41) is 11.2. The summed E-state index contributed by atoms with van der Waals surface area (Å²) >= 11 is 0. The average Bonchev–Trinajstić information content (AvgIpc) is 2.56. The molecule has 0 radical (unpaired) electrons. The van der Waals surface area contributed by atoms with Crippen molar-refractivity contribution in [3.63, 3.8) is 0 Å². The molecule has 1 atom stereocenters. The number of hydrazine groups is 1. The maximum Gasteiger partial charge on any atom is 0.329 e. The van der Waals surface area contributed by atoms with Crippen LogP contribution in [0.2, 0.25) is 0 Å². The van der Waals surface area contributed by atoms with Crippen molar-refractivity contribution in [1.29, 1.82) is 0 Å². The second-order valence-electron chi connectivity index (χ2n) is 4.27. The molecule has 0 amide bonds. The Hall–Kier alpha value is -1.07. The predicted molar refractivity (Wildman–Crippen MR) is 56.1 cm³/mol. The van der Waals surface area contributed by atoms with Crippen LogP contribution in [0.3, 0.4) is 0 Å². The molecular formula is C10H17N3O2. The van der Waals surface area contributed by atoms with Gasteiger partial charge in [0.05, 0.1) is 0 Å². The molecule has 0 aromatic rings. The van der Waals surface area contributed by atoms with Gasteiger partial charge in [0.25, 0.3) is 0 Å². The fourth-order valence-electron chi connectivity index (χ4n) is 2.11. The number of carboxylic acid groups (broad SMARTS) is 1. The highest BCUT2D eigenvalue weighted by molar-refractivity contribution is 5.82. The molecule has 2 rings (SSSR count). The zero-order valence-corrected chi connectivity index (χ0v) is 9.16. The van der Waals surface area contributed by atoms with Crippen LogP contribution in [0.25, 0.3) is 0 Å². The van der Waals surface area contributed by atoms with Gasteiger partial charge in [-0.2, -0.15) is 0 Å². The van der Waals surface area contributed by atoms with Crippen LogP contribution < -0.4 is 5.43 Å². The first-order valence-electron chi connectivity index (χ1n) is 5.26. The highest BCUT2D eigenvalue weighted by Crippen LogP contribution is 2.26. The number of piperazine rings is 1. The van der Waals surface area contributed by atoms with E-state index in [9.17, 15) is 9.90 Å². The van der Waals surface area contributed by atoms with Crippen molar-refractivity contribution < 1.29 is 9.90 Å². The van der Waals surface area contributed by atoms with Crippen molar-refractivity contribution in [2.75, 3.05) is 26.7 Å². The molecule has 1 unspecified atom stereocenters. The molecule has 0 aromatic carbocycles. The summed E-state index contributed by atoms with van der Waals surface area (Å²) < 4.78 is 0. The Morgan fingerprint density at radius 2 is 2.40 bits per heavy atom. The number of nitrogens with zero attached hydrogens (tertiary/aromatic N) is 2. The highest BCUT2D eigenvalue weighted by atomic mass is 16.4. The molecule has 2 heterocycles. The van der Waals surface area contributed by atoms with Gasteiger partial charge in [-0.1, -0.05) is 6.92 Å². The maximum absolute atomic E-state index is 11.2. The minimum absolute atomic E-state index is 0.562. The lowest BCUT2D eigenvalue weighted by Crippen LogP contribution is -2.55. The SMILES string of the molecule is CCC1(C(=O)O)C=C2CN(C)CCN2N1. The van der Waals surface area contributed by atoms with Crippen LogP contribution in [0.4, 0.5) is 0 Å². The second kappa shape index (κ2) is 3.50. The third-order valence-corrected chi connectivity index (χ3v) is 3.17.